The zero-order valence-electron chi connectivity index (χ0n) is 26.6. The number of anilines is 1. The number of allylic oxidation sites excluding steroid dienone is 2. The van der Waals surface area contributed by atoms with E-state index in [0.29, 0.717) is 35.4 Å². The van der Waals surface area contributed by atoms with Crippen LogP contribution in [-0.2, 0) is 14.3 Å². The molecule has 2 heterocycles. The third-order valence-electron chi connectivity index (χ3n) is 4.10. The van der Waals surface area contributed by atoms with E-state index in [0.717, 1.165) is 19.3 Å². The number of carbonyl (C=O) groups excluding carboxylic acids is 3. The minimum atomic E-state index is -0.404. The first-order valence-electron chi connectivity index (χ1n) is 13.8. The van der Waals surface area contributed by atoms with Crippen molar-refractivity contribution in [1.29, 1.82) is 0 Å². The summed E-state index contributed by atoms with van der Waals surface area (Å²) in [5.74, 6) is 4.84. The Hall–Kier alpha value is -3.34. The minimum Gasteiger partial charge on any atom is -0.435 e. The van der Waals surface area contributed by atoms with Gasteiger partial charge in [0, 0.05) is 31.4 Å². The highest BCUT2D eigenvalue weighted by Crippen LogP contribution is 2.21. The smallest absolute Gasteiger partial charge is 0.271 e. The number of ketones is 1. The zero-order valence-corrected chi connectivity index (χ0v) is 26.6. The van der Waals surface area contributed by atoms with Gasteiger partial charge in [-0.05, 0) is 46.2 Å². The zero-order chi connectivity index (χ0) is 32.1. The number of nitrogens with zero attached hydrogens (tertiary/aromatic N) is 1. The minimum absolute atomic E-state index is 0.122. The highest BCUT2D eigenvalue weighted by molar-refractivity contribution is 6.03. The molecule has 10 heteroatoms. The van der Waals surface area contributed by atoms with E-state index in [-0.39, 0.29) is 17.2 Å². The molecule has 6 N–H and O–H groups in total. The molecule has 40 heavy (non-hydrogen) atoms. The van der Waals surface area contributed by atoms with Gasteiger partial charge in [0.2, 0.25) is 5.71 Å². The standard InChI is InChI=1S/C13H13N3O3.C7H18N2O.C4H6O.3C2H6/c1-3-10(14)12(18)16-9-4-8-5-11(7(2)17)19-13(8)15-6-9;1-6(2)10-5-4-7(3)9-8;1-2-3-4-5;3*1-2/h3-6H,14H2,1-2H3,(H,16,18);6-7,9H,4-5,8H2,1-3H3;2,4H,1,3H2;3*1-2H3/b10-3-;;;;;. The number of hydrazine groups is 1. The number of aldehydes is 1. The van der Waals surface area contributed by atoms with Gasteiger partial charge in [0.1, 0.15) is 6.29 Å². The van der Waals surface area contributed by atoms with Crippen LogP contribution >= 0.6 is 0 Å². The number of rotatable bonds is 10. The Bertz CT molecular complexity index is 949. The number of hydrogen-bond acceptors (Lipinski definition) is 9. The van der Waals surface area contributed by atoms with Gasteiger partial charge >= 0.3 is 0 Å². The molecule has 0 radical (unpaired) electrons. The molecule has 0 aliphatic heterocycles. The first kappa shape index (κ1) is 43.7. The maximum absolute atomic E-state index is 11.6. The van der Waals surface area contributed by atoms with E-state index in [1.165, 1.54) is 19.2 Å². The molecule has 2 aromatic rings. The second-order valence-corrected chi connectivity index (χ2v) is 7.45. The van der Waals surface area contributed by atoms with Gasteiger partial charge in [-0.15, -0.1) is 6.58 Å². The van der Waals surface area contributed by atoms with Crippen LogP contribution < -0.4 is 22.3 Å². The van der Waals surface area contributed by atoms with E-state index >= 15 is 0 Å². The summed E-state index contributed by atoms with van der Waals surface area (Å²) in [5.41, 5.74) is 9.10. The van der Waals surface area contributed by atoms with Crippen molar-refractivity contribution < 1.29 is 23.5 Å². The summed E-state index contributed by atoms with van der Waals surface area (Å²) in [6.07, 6.45) is 7.09. The van der Waals surface area contributed by atoms with Crippen molar-refractivity contribution in [3.8, 4) is 0 Å². The summed E-state index contributed by atoms with van der Waals surface area (Å²) in [4.78, 5) is 36.1. The lowest BCUT2D eigenvalue weighted by atomic mass is 10.2. The normalized spacial score (nSPS) is 10.3. The van der Waals surface area contributed by atoms with Gasteiger partial charge in [-0.25, -0.2) is 4.98 Å². The maximum Gasteiger partial charge on any atom is 0.271 e. The number of nitrogens with one attached hydrogen (secondary N) is 2. The third-order valence-corrected chi connectivity index (χ3v) is 4.10. The molecule has 0 spiro atoms. The Balaban J connectivity index is -0.000000260. The number of fused-ring (bicyclic) bond motifs is 1. The summed E-state index contributed by atoms with van der Waals surface area (Å²) in [6, 6.07) is 3.59. The molecule has 0 aliphatic rings. The predicted molar refractivity (Wildman–Crippen MR) is 168 cm³/mol. The van der Waals surface area contributed by atoms with Gasteiger partial charge < -0.3 is 25.0 Å². The average Bonchev–Trinajstić information content (AvgIpc) is 3.40. The molecule has 1 amide bonds. The van der Waals surface area contributed by atoms with Crippen LogP contribution in [0.4, 0.5) is 5.69 Å². The maximum atomic E-state index is 11.6. The average molecular weight is 566 g/mol. The van der Waals surface area contributed by atoms with Gasteiger partial charge in [0.15, 0.2) is 11.5 Å². The molecule has 0 saturated carbocycles. The number of Topliss-reactive ketones (excluding diaryl/α,β-unsaturated/α-hetero) is 1. The van der Waals surface area contributed by atoms with E-state index in [9.17, 15) is 14.4 Å². The molecular weight excluding hydrogens is 510 g/mol. The highest BCUT2D eigenvalue weighted by atomic mass is 16.5. The third kappa shape index (κ3) is 22.6. The van der Waals surface area contributed by atoms with Gasteiger partial charge in [0.25, 0.3) is 5.91 Å². The molecule has 0 bridgehead atoms. The van der Waals surface area contributed by atoms with Crippen molar-refractivity contribution >= 4 is 34.8 Å². The van der Waals surface area contributed by atoms with Crippen LogP contribution in [0.1, 0.15) is 99.6 Å². The van der Waals surface area contributed by atoms with Crippen molar-refractivity contribution in [3.63, 3.8) is 0 Å². The summed E-state index contributed by atoms with van der Waals surface area (Å²) < 4.78 is 10.6. The summed E-state index contributed by atoms with van der Waals surface area (Å²) in [7, 11) is 0. The SMILES string of the molecule is C/C=C(\N)C(=O)Nc1cnc2oc(C(C)=O)cc2c1.C=CCC=O.CC.CC.CC.CC(CCOC(C)C)NN. The number of pyridine rings is 1. The van der Waals surface area contributed by atoms with E-state index in [1.807, 2.05) is 62.3 Å². The number of nitrogens with two attached hydrogens (primary N) is 2. The topological polar surface area (TPSA) is 163 Å². The van der Waals surface area contributed by atoms with Crippen LogP contribution in [0.2, 0.25) is 0 Å². The number of furan rings is 1. The Kier molecular flexibility index (Phi) is 33.0. The van der Waals surface area contributed by atoms with Gasteiger partial charge in [0.05, 0.1) is 23.7 Å². The van der Waals surface area contributed by atoms with Gasteiger partial charge in [-0.1, -0.05) is 53.7 Å². The molecule has 0 fully saturated rings. The molecule has 10 nitrogen and oxygen atoms in total. The molecule has 1 unspecified atom stereocenters. The first-order chi connectivity index (χ1) is 19.1. The summed E-state index contributed by atoms with van der Waals surface area (Å²) in [6.45, 7) is 25.3. The number of hydrogen-bond donors (Lipinski definition) is 4. The predicted octanol–water partition coefficient (Wildman–Crippen LogP) is 6.32. The molecule has 1 atom stereocenters. The van der Waals surface area contributed by atoms with Crippen LogP contribution in [0.3, 0.4) is 0 Å². The molecule has 2 rings (SSSR count). The van der Waals surface area contributed by atoms with Crippen molar-refractivity contribution in [1.82, 2.24) is 10.4 Å². The van der Waals surface area contributed by atoms with Gasteiger partial charge in [-0.2, -0.15) is 0 Å². The fourth-order valence-corrected chi connectivity index (χ4v) is 2.14. The van der Waals surface area contributed by atoms with E-state index in [4.69, 9.17) is 20.7 Å². The quantitative estimate of drug-likeness (QED) is 0.0644. The van der Waals surface area contributed by atoms with Crippen LogP contribution in [0.15, 0.2) is 47.2 Å². The Morgan fingerprint density at radius 1 is 1.12 bits per heavy atom. The molecular formula is C30H55N5O5. The van der Waals surface area contributed by atoms with Crippen LogP contribution in [0, 0.1) is 0 Å². The van der Waals surface area contributed by atoms with Crippen molar-refractivity contribution in [3.05, 3.63) is 48.5 Å². The Morgan fingerprint density at radius 3 is 2.10 bits per heavy atom. The first-order valence-corrected chi connectivity index (χ1v) is 13.8. The summed E-state index contributed by atoms with van der Waals surface area (Å²) >= 11 is 0. The monoisotopic (exact) mass is 565 g/mol. The molecule has 0 aromatic carbocycles. The van der Waals surface area contributed by atoms with Crippen molar-refractivity contribution in [2.45, 2.75) is 101 Å². The van der Waals surface area contributed by atoms with E-state index in [2.05, 4.69) is 22.3 Å². The van der Waals surface area contributed by atoms with Gasteiger partial charge in [-0.3, -0.25) is 20.9 Å². The second-order valence-electron chi connectivity index (χ2n) is 7.45. The molecule has 0 saturated heterocycles. The number of carbonyl (C=O) groups is 3. The lowest BCUT2D eigenvalue weighted by Gasteiger charge is -2.11. The van der Waals surface area contributed by atoms with Crippen molar-refractivity contribution in [2.24, 2.45) is 11.6 Å². The van der Waals surface area contributed by atoms with E-state index in [1.54, 1.807) is 25.1 Å². The Morgan fingerprint density at radius 2 is 1.70 bits per heavy atom. The lowest BCUT2D eigenvalue weighted by Crippen LogP contribution is -2.33. The number of ether oxygens (including phenoxy) is 1. The fraction of sp³-hybridized carbons (Fsp3) is 0.533. The molecule has 0 aliphatic carbocycles. The number of aromatic nitrogens is 1. The van der Waals surface area contributed by atoms with Crippen molar-refractivity contribution in [2.75, 3.05) is 11.9 Å². The highest BCUT2D eigenvalue weighted by Gasteiger charge is 2.11. The molecule has 2 aromatic heterocycles. The lowest BCUT2D eigenvalue weighted by molar-refractivity contribution is -0.113. The van der Waals surface area contributed by atoms with Crippen LogP contribution in [0.5, 0.6) is 0 Å². The van der Waals surface area contributed by atoms with Crippen LogP contribution in [-0.4, -0.2) is 41.7 Å². The molecule has 230 valence electrons. The largest absolute Gasteiger partial charge is 0.435 e. The second kappa shape index (κ2) is 30.2. The number of amides is 1. The Labute approximate surface area is 242 Å². The van der Waals surface area contributed by atoms with E-state index < -0.39 is 5.91 Å². The summed E-state index contributed by atoms with van der Waals surface area (Å²) in [5, 5.41) is 3.24. The van der Waals surface area contributed by atoms with Crippen LogP contribution in [0.25, 0.3) is 11.1 Å². The fourth-order valence-electron chi connectivity index (χ4n) is 2.14.